The molecular weight excluding hydrogens is 277 g/mol. The topological polar surface area (TPSA) is 75.6 Å². The lowest BCUT2D eigenvalue weighted by molar-refractivity contribution is -0.149. The summed E-state index contributed by atoms with van der Waals surface area (Å²) in [4.78, 5) is 23.4. The van der Waals surface area contributed by atoms with Crippen LogP contribution in [0.4, 0.5) is 4.39 Å². The minimum atomic E-state index is -1.27. The number of carboxylic acids is 1. The summed E-state index contributed by atoms with van der Waals surface area (Å²) in [6.45, 7) is 0.451. The van der Waals surface area contributed by atoms with E-state index in [9.17, 15) is 14.0 Å². The second kappa shape index (κ2) is 5.02. The van der Waals surface area contributed by atoms with Crippen molar-refractivity contribution in [1.82, 2.24) is 5.32 Å². The highest BCUT2D eigenvalue weighted by molar-refractivity contribution is 6.05. The molecule has 0 spiro atoms. The predicted molar refractivity (Wildman–Crippen MR) is 71.3 cm³/mol. The summed E-state index contributed by atoms with van der Waals surface area (Å²) in [7, 11) is 0. The van der Waals surface area contributed by atoms with Crippen LogP contribution < -0.4 is 10.1 Å². The van der Waals surface area contributed by atoms with Gasteiger partial charge >= 0.3 is 5.97 Å². The minimum Gasteiger partial charge on any atom is -0.493 e. The van der Waals surface area contributed by atoms with Crippen LogP contribution in [0.2, 0.25) is 0 Å². The standard InChI is InChI=1S/C15H16FNO4/c16-9-3-4-10-11(2-1-7-21-12(10)8-9)17-13(18)15(5-6-15)14(19)20/h3-4,8,11H,1-2,5-7H2,(H,17,18)(H,19,20). The molecule has 1 heterocycles. The van der Waals surface area contributed by atoms with Crippen LogP contribution in [0.15, 0.2) is 18.2 Å². The Morgan fingerprint density at radius 3 is 2.81 bits per heavy atom. The molecule has 1 saturated carbocycles. The number of fused-ring (bicyclic) bond motifs is 1. The zero-order chi connectivity index (χ0) is 15.0. The molecule has 1 aromatic carbocycles. The molecule has 1 aromatic rings. The van der Waals surface area contributed by atoms with Crippen molar-refractivity contribution in [3.63, 3.8) is 0 Å². The number of amides is 1. The highest BCUT2D eigenvalue weighted by atomic mass is 19.1. The van der Waals surface area contributed by atoms with Gasteiger partial charge in [0, 0.05) is 11.6 Å². The van der Waals surface area contributed by atoms with Gasteiger partial charge in [-0.15, -0.1) is 0 Å². The summed E-state index contributed by atoms with van der Waals surface area (Å²) in [6.07, 6.45) is 2.09. The van der Waals surface area contributed by atoms with Crippen molar-refractivity contribution in [3.05, 3.63) is 29.6 Å². The van der Waals surface area contributed by atoms with Crippen LogP contribution in [-0.2, 0) is 9.59 Å². The number of nitrogens with one attached hydrogen (secondary N) is 1. The monoisotopic (exact) mass is 293 g/mol. The number of halogens is 1. The van der Waals surface area contributed by atoms with Gasteiger partial charge < -0.3 is 15.2 Å². The Balaban J connectivity index is 1.83. The number of ether oxygens (including phenoxy) is 1. The van der Waals surface area contributed by atoms with E-state index in [4.69, 9.17) is 9.84 Å². The third-order valence-corrected chi connectivity index (χ3v) is 4.15. The number of benzene rings is 1. The molecule has 2 N–H and O–H groups in total. The Morgan fingerprint density at radius 1 is 1.38 bits per heavy atom. The molecule has 1 amide bonds. The summed E-state index contributed by atoms with van der Waals surface area (Å²) in [5, 5.41) is 12.0. The highest BCUT2D eigenvalue weighted by Gasteiger charge is 2.57. The maximum absolute atomic E-state index is 13.3. The first-order valence-electron chi connectivity index (χ1n) is 6.99. The highest BCUT2D eigenvalue weighted by Crippen LogP contribution is 2.47. The molecule has 0 bridgehead atoms. The largest absolute Gasteiger partial charge is 0.493 e. The molecule has 112 valence electrons. The van der Waals surface area contributed by atoms with Gasteiger partial charge in [-0.1, -0.05) is 6.07 Å². The van der Waals surface area contributed by atoms with E-state index in [0.29, 0.717) is 43.6 Å². The Labute approximate surface area is 121 Å². The van der Waals surface area contributed by atoms with E-state index in [-0.39, 0.29) is 6.04 Å². The fraction of sp³-hybridized carbons (Fsp3) is 0.467. The van der Waals surface area contributed by atoms with Crippen LogP contribution in [0.25, 0.3) is 0 Å². The number of hydrogen-bond acceptors (Lipinski definition) is 3. The maximum Gasteiger partial charge on any atom is 0.319 e. The first-order chi connectivity index (χ1) is 10.0. The van der Waals surface area contributed by atoms with Crippen molar-refractivity contribution in [2.24, 2.45) is 5.41 Å². The Hall–Kier alpha value is -2.11. The van der Waals surface area contributed by atoms with E-state index in [1.54, 1.807) is 6.07 Å². The molecule has 6 heteroatoms. The summed E-state index contributed by atoms with van der Waals surface area (Å²) < 4.78 is 18.8. The third-order valence-electron chi connectivity index (χ3n) is 4.15. The summed E-state index contributed by atoms with van der Waals surface area (Å²) in [6, 6.07) is 3.86. The molecule has 1 aliphatic carbocycles. The molecule has 3 rings (SSSR count). The second-order valence-electron chi connectivity index (χ2n) is 5.59. The van der Waals surface area contributed by atoms with E-state index >= 15 is 0 Å². The van der Waals surface area contributed by atoms with Crippen molar-refractivity contribution in [1.29, 1.82) is 0 Å². The fourth-order valence-corrected chi connectivity index (χ4v) is 2.66. The van der Waals surface area contributed by atoms with Crippen molar-refractivity contribution in [3.8, 4) is 5.75 Å². The number of carbonyl (C=O) groups is 2. The minimum absolute atomic E-state index is 0.340. The molecule has 1 aliphatic heterocycles. The first-order valence-corrected chi connectivity index (χ1v) is 6.99. The Bertz CT molecular complexity index is 597. The van der Waals surface area contributed by atoms with E-state index in [1.165, 1.54) is 12.1 Å². The van der Waals surface area contributed by atoms with Gasteiger partial charge in [-0.2, -0.15) is 0 Å². The van der Waals surface area contributed by atoms with Crippen molar-refractivity contribution >= 4 is 11.9 Å². The van der Waals surface area contributed by atoms with Gasteiger partial charge in [0.1, 0.15) is 17.0 Å². The molecule has 0 aromatic heterocycles. The third kappa shape index (κ3) is 2.46. The summed E-state index contributed by atoms with van der Waals surface area (Å²) in [5.74, 6) is -1.52. The van der Waals surface area contributed by atoms with Gasteiger partial charge in [0.25, 0.3) is 0 Å². The molecule has 5 nitrogen and oxygen atoms in total. The van der Waals surface area contributed by atoms with Gasteiger partial charge in [0.05, 0.1) is 12.6 Å². The van der Waals surface area contributed by atoms with Gasteiger partial charge in [-0.25, -0.2) is 4.39 Å². The van der Waals surface area contributed by atoms with E-state index in [0.717, 1.165) is 0 Å². The van der Waals surface area contributed by atoms with E-state index in [2.05, 4.69) is 5.32 Å². The zero-order valence-corrected chi connectivity index (χ0v) is 11.4. The average Bonchev–Trinajstić information content (AvgIpc) is 3.24. The molecule has 2 aliphatic rings. The zero-order valence-electron chi connectivity index (χ0n) is 11.4. The lowest BCUT2D eigenvalue weighted by Crippen LogP contribution is -2.39. The smallest absolute Gasteiger partial charge is 0.319 e. The van der Waals surface area contributed by atoms with Gasteiger partial charge in [-0.3, -0.25) is 9.59 Å². The molecule has 1 atom stereocenters. The van der Waals surface area contributed by atoms with Gasteiger partial charge in [0.2, 0.25) is 5.91 Å². The molecule has 1 fully saturated rings. The fourth-order valence-electron chi connectivity index (χ4n) is 2.66. The van der Waals surface area contributed by atoms with Crippen molar-refractivity contribution < 1.29 is 23.8 Å². The summed E-state index contributed by atoms with van der Waals surface area (Å²) in [5.41, 5.74) is -0.573. The molecule has 0 saturated heterocycles. The molecular formula is C15H16FNO4. The Morgan fingerprint density at radius 2 is 2.14 bits per heavy atom. The lowest BCUT2D eigenvalue weighted by atomic mass is 9.99. The number of hydrogen-bond donors (Lipinski definition) is 2. The van der Waals surface area contributed by atoms with Gasteiger partial charge in [-0.05, 0) is 31.7 Å². The van der Waals surface area contributed by atoms with E-state index < -0.39 is 23.1 Å². The van der Waals surface area contributed by atoms with E-state index in [1.807, 2.05) is 0 Å². The molecule has 0 radical (unpaired) electrons. The SMILES string of the molecule is O=C(O)C1(C(=O)NC2CCCOc3cc(F)ccc32)CC1. The van der Waals surface area contributed by atoms with Crippen LogP contribution in [0.1, 0.15) is 37.3 Å². The molecule has 1 unspecified atom stereocenters. The van der Waals surface area contributed by atoms with Crippen LogP contribution >= 0.6 is 0 Å². The number of aliphatic carboxylic acids is 1. The van der Waals surface area contributed by atoms with Crippen LogP contribution in [0.5, 0.6) is 5.75 Å². The van der Waals surface area contributed by atoms with Crippen LogP contribution in [-0.4, -0.2) is 23.6 Å². The van der Waals surface area contributed by atoms with Crippen LogP contribution in [0, 0.1) is 11.2 Å². The van der Waals surface area contributed by atoms with Crippen molar-refractivity contribution in [2.75, 3.05) is 6.61 Å². The van der Waals surface area contributed by atoms with Crippen LogP contribution in [0.3, 0.4) is 0 Å². The second-order valence-corrected chi connectivity index (χ2v) is 5.59. The van der Waals surface area contributed by atoms with Crippen molar-refractivity contribution in [2.45, 2.75) is 31.7 Å². The quantitative estimate of drug-likeness (QED) is 0.836. The number of rotatable bonds is 3. The van der Waals surface area contributed by atoms with Gasteiger partial charge in [0.15, 0.2) is 0 Å². The lowest BCUT2D eigenvalue weighted by Gasteiger charge is -2.20. The first kappa shape index (κ1) is 13.9. The number of carboxylic acid groups (broad SMARTS) is 1. The maximum atomic E-state index is 13.3. The number of carbonyl (C=O) groups excluding carboxylic acids is 1. The Kier molecular flexibility index (Phi) is 3.31. The molecule has 21 heavy (non-hydrogen) atoms. The normalized spacial score (nSPS) is 22.4. The average molecular weight is 293 g/mol. The predicted octanol–water partition coefficient (Wildman–Crippen LogP) is 2.02. The summed E-state index contributed by atoms with van der Waals surface area (Å²) >= 11 is 0.